The van der Waals surface area contributed by atoms with Crippen LogP contribution in [0.2, 0.25) is 0 Å². The Labute approximate surface area is 209 Å². The summed E-state index contributed by atoms with van der Waals surface area (Å²) >= 11 is 0. The van der Waals surface area contributed by atoms with Gasteiger partial charge in [0.1, 0.15) is 0 Å². The molecule has 4 aliphatic carbocycles. The zero-order valence-corrected chi connectivity index (χ0v) is 22.5. The molecular weight excluding hydrogens is 412 g/mol. The topological polar surface area (TPSA) is 17.1 Å². The summed E-state index contributed by atoms with van der Waals surface area (Å²) in [6.45, 7) is 12.4. The molecule has 1 aromatic carbocycles. The van der Waals surface area contributed by atoms with Crippen molar-refractivity contribution < 1.29 is 4.79 Å². The molecule has 0 amide bonds. The van der Waals surface area contributed by atoms with Crippen molar-refractivity contribution in [3.8, 4) is 0 Å². The second kappa shape index (κ2) is 9.25. The lowest BCUT2D eigenvalue weighted by Crippen LogP contribution is -2.53. The third kappa shape index (κ3) is 4.04. The molecule has 0 spiro atoms. The second-order valence-electron chi connectivity index (χ2n) is 13.6. The first-order chi connectivity index (χ1) is 16.2. The van der Waals surface area contributed by atoms with E-state index in [4.69, 9.17) is 0 Å². The molecule has 0 bridgehead atoms. The summed E-state index contributed by atoms with van der Waals surface area (Å²) in [5.74, 6) is 4.97. The van der Waals surface area contributed by atoms with Crippen LogP contribution < -0.4 is 0 Å². The number of allylic oxidation sites excluding steroid dienone is 2. The number of hydrogen-bond donors (Lipinski definition) is 0. The van der Waals surface area contributed by atoms with E-state index < -0.39 is 0 Å². The first-order valence-electron chi connectivity index (χ1n) is 14.5. The van der Waals surface area contributed by atoms with Gasteiger partial charge in [-0.2, -0.15) is 0 Å². The number of carbonyl (C=O) groups is 1. The molecule has 3 saturated carbocycles. The Morgan fingerprint density at radius 3 is 2.41 bits per heavy atom. The molecule has 0 aliphatic heterocycles. The smallest absolute Gasteiger partial charge is 0.159 e. The van der Waals surface area contributed by atoms with Crippen LogP contribution in [0.5, 0.6) is 0 Å². The lowest BCUT2D eigenvalue weighted by atomic mass is 9.46. The molecule has 186 valence electrons. The van der Waals surface area contributed by atoms with Crippen molar-refractivity contribution in [1.82, 2.24) is 0 Å². The van der Waals surface area contributed by atoms with Gasteiger partial charge in [-0.1, -0.05) is 89.8 Å². The monoisotopic (exact) mass is 460 g/mol. The molecule has 8 atom stereocenters. The van der Waals surface area contributed by atoms with E-state index >= 15 is 0 Å². The SMILES string of the molecule is CC(C)CCC[C@H](C)[C@H]1CC[C@H]2[C@@H]3C(=O)C=C4C[C@H](c5ccccc5)CC[C@]4(C)[C@H]3CC[C@]12C. The van der Waals surface area contributed by atoms with E-state index in [0.717, 1.165) is 24.2 Å². The van der Waals surface area contributed by atoms with Gasteiger partial charge in [0.15, 0.2) is 5.78 Å². The summed E-state index contributed by atoms with van der Waals surface area (Å²) in [4.78, 5) is 13.8. The largest absolute Gasteiger partial charge is 0.295 e. The Bertz CT molecular complexity index is 912. The molecule has 0 N–H and O–H groups in total. The van der Waals surface area contributed by atoms with Gasteiger partial charge in [0.25, 0.3) is 0 Å². The standard InChI is InChI=1S/C33H48O/c1-22(2)10-9-11-23(3)27-14-15-28-31-29(17-19-33(27,28)5)32(4)18-16-25(20-26(32)21-30(31)34)24-12-7-6-8-13-24/h6-8,12-13,21-23,25,27-29,31H,9-11,14-20H2,1-5H3/t23-,25+,27+,28-,29-,31-,32-,33+/m0/s1. The molecular formula is C33H48O. The van der Waals surface area contributed by atoms with E-state index in [-0.39, 0.29) is 11.3 Å². The molecule has 1 nitrogen and oxygen atoms in total. The maximum absolute atomic E-state index is 13.8. The second-order valence-corrected chi connectivity index (χ2v) is 13.6. The van der Waals surface area contributed by atoms with Crippen LogP contribution in [0, 0.1) is 46.3 Å². The van der Waals surface area contributed by atoms with Crippen LogP contribution in [0.4, 0.5) is 0 Å². The number of benzene rings is 1. The van der Waals surface area contributed by atoms with E-state index in [1.807, 2.05) is 0 Å². The molecule has 3 fully saturated rings. The predicted molar refractivity (Wildman–Crippen MR) is 143 cm³/mol. The number of carbonyl (C=O) groups excluding carboxylic acids is 1. The zero-order chi connectivity index (χ0) is 24.1. The fourth-order valence-corrected chi connectivity index (χ4v) is 9.44. The third-order valence-corrected chi connectivity index (χ3v) is 11.4. The molecule has 0 radical (unpaired) electrons. The molecule has 5 rings (SSSR count). The fraction of sp³-hybridized carbons (Fsp3) is 0.727. The van der Waals surface area contributed by atoms with Gasteiger partial charge >= 0.3 is 0 Å². The lowest BCUT2D eigenvalue weighted by molar-refractivity contribution is -0.134. The van der Waals surface area contributed by atoms with Crippen LogP contribution in [0.25, 0.3) is 0 Å². The van der Waals surface area contributed by atoms with Gasteiger partial charge in [0.05, 0.1) is 0 Å². The van der Waals surface area contributed by atoms with Crippen LogP contribution >= 0.6 is 0 Å². The van der Waals surface area contributed by atoms with E-state index in [2.05, 4.69) is 71.0 Å². The number of fused-ring (bicyclic) bond motifs is 5. The molecule has 4 aliphatic rings. The van der Waals surface area contributed by atoms with Crippen LogP contribution in [-0.4, -0.2) is 5.78 Å². The fourth-order valence-electron chi connectivity index (χ4n) is 9.44. The lowest BCUT2D eigenvalue weighted by Gasteiger charge is -2.57. The number of ketones is 1. The van der Waals surface area contributed by atoms with Gasteiger partial charge in [-0.3, -0.25) is 4.79 Å². The van der Waals surface area contributed by atoms with Gasteiger partial charge in [-0.25, -0.2) is 0 Å². The van der Waals surface area contributed by atoms with Gasteiger partial charge in [0.2, 0.25) is 0 Å². The van der Waals surface area contributed by atoms with Crippen LogP contribution in [0.1, 0.15) is 110 Å². The summed E-state index contributed by atoms with van der Waals surface area (Å²) in [5, 5.41) is 0. The van der Waals surface area contributed by atoms with E-state index in [9.17, 15) is 4.79 Å². The molecule has 1 heteroatoms. The minimum absolute atomic E-state index is 0.242. The van der Waals surface area contributed by atoms with Gasteiger partial charge in [-0.05, 0) is 103 Å². The van der Waals surface area contributed by atoms with Crippen molar-refractivity contribution in [3.63, 3.8) is 0 Å². The Morgan fingerprint density at radius 2 is 1.68 bits per heavy atom. The molecule has 34 heavy (non-hydrogen) atoms. The van der Waals surface area contributed by atoms with Crippen molar-refractivity contribution in [2.75, 3.05) is 0 Å². The highest BCUT2D eigenvalue weighted by Crippen LogP contribution is 2.67. The Kier molecular flexibility index (Phi) is 6.62. The van der Waals surface area contributed by atoms with Gasteiger partial charge in [0, 0.05) is 5.92 Å². The number of rotatable bonds is 6. The summed E-state index contributed by atoms with van der Waals surface area (Å²) < 4.78 is 0. The minimum Gasteiger partial charge on any atom is -0.295 e. The highest BCUT2D eigenvalue weighted by molar-refractivity contribution is 5.94. The normalized spacial score (nSPS) is 40.4. The van der Waals surface area contributed by atoms with Crippen molar-refractivity contribution in [2.45, 2.75) is 105 Å². The summed E-state index contributed by atoms with van der Waals surface area (Å²) in [6.07, 6.45) is 15.1. The maximum atomic E-state index is 13.8. The quantitative estimate of drug-likeness (QED) is 0.414. The molecule has 0 unspecified atom stereocenters. The summed E-state index contributed by atoms with van der Waals surface area (Å²) in [5.41, 5.74) is 3.56. The van der Waals surface area contributed by atoms with Crippen molar-refractivity contribution in [2.24, 2.45) is 46.3 Å². The van der Waals surface area contributed by atoms with Crippen molar-refractivity contribution in [3.05, 3.63) is 47.5 Å². The van der Waals surface area contributed by atoms with Gasteiger partial charge in [-0.15, -0.1) is 0 Å². The zero-order valence-electron chi connectivity index (χ0n) is 22.5. The van der Waals surface area contributed by atoms with Crippen LogP contribution in [-0.2, 0) is 4.79 Å². The minimum atomic E-state index is 0.242. The van der Waals surface area contributed by atoms with E-state index in [1.54, 1.807) is 0 Å². The molecule has 0 saturated heterocycles. The molecule has 1 aromatic rings. The van der Waals surface area contributed by atoms with Gasteiger partial charge < -0.3 is 0 Å². The third-order valence-electron chi connectivity index (χ3n) is 11.4. The highest BCUT2D eigenvalue weighted by atomic mass is 16.1. The summed E-state index contributed by atoms with van der Waals surface area (Å²) in [6, 6.07) is 11.0. The first kappa shape index (κ1) is 24.3. The predicted octanol–water partition coefficient (Wildman–Crippen LogP) is 8.99. The van der Waals surface area contributed by atoms with Crippen molar-refractivity contribution in [1.29, 1.82) is 0 Å². The van der Waals surface area contributed by atoms with E-state index in [0.29, 0.717) is 29.0 Å². The average Bonchev–Trinajstić information content (AvgIpc) is 3.17. The van der Waals surface area contributed by atoms with Crippen LogP contribution in [0.15, 0.2) is 42.0 Å². The molecule has 0 aromatic heterocycles. The van der Waals surface area contributed by atoms with Crippen LogP contribution in [0.3, 0.4) is 0 Å². The van der Waals surface area contributed by atoms with Crippen molar-refractivity contribution >= 4 is 5.78 Å². The maximum Gasteiger partial charge on any atom is 0.159 e. The Balaban J connectivity index is 1.35. The number of hydrogen-bond acceptors (Lipinski definition) is 1. The van der Waals surface area contributed by atoms with E-state index in [1.165, 1.54) is 68.9 Å². The summed E-state index contributed by atoms with van der Waals surface area (Å²) in [7, 11) is 0. The average molecular weight is 461 g/mol. The molecule has 0 heterocycles. The first-order valence-corrected chi connectivity index (χ1v) is 14.5. The Hall–Kier alpha value is -1.37. The highest BCUT2D eigenvalue weighted by Gasteiger charge is 2.61. The Morgan fingerprint density at radius 1 is 0.912 bits per heavy atom.